The second-order valence-electron chi connectivity index (χ2n) is 6.04. The van der Waals surface area contributed by atoms with E-state index >= 15 is 0 Å². The van der Waals surface area contributed by atoms with Gasteiger partial charge in [0.15, 0.2) is 17.3 Å². The van der Waals surface area contributed by atoms with Crippen molar-refractivity contribution in [3.8, 4) is 23.0 Å². The van der Waals surface area contributed by atoms with Crippen molar-refractivity contribution in [2.45, 2.75) is 0 Å². The molecule has 6 heteroatoms. The van der Waals surface area contributed by atoms with Gasteiger partial charge in [0.05, 0.1) is 23.9 Å². The standard InChI is InChI=1S/C21H15NO5/c1-26-11-6-8-12(9-7-11)27-16-10-15(23)17-18(19(16)22)21(25)14-5-3-2-4-13(14)20(17)24/h2-10,23H,22H2,1H3. The summed E-state index contributed by atoms with van der Waals surface area (Å²) >= 11 is 0. The molecule has 4 rings (SSSR count). The highest BCUT2D eigenvalue weighted by Gasteiger charge is 2.35. The number of nitrogens with two attached hydrogens (primary N) is 1. The number of phenols is 1. The van der Waals surface area contributed by atoms with Gasteiger partial charge in [0.25, 0.3) is 0 Å². The minimum absolute atomic E-state index is 0.00599. The molecule has 27 heavy (non-hydrogen) atoms. The first-order chi connectivity index (χ1) is 13.0. The number of ketones is 2. The first-order valence-corrected chi connectivity index (χ1v) is 8.17. The summed E-state index contributed by atoms with van der Waals surface area (Å²) in [6.07, 6.45) is 0. The molecule has 0 atom stereocenters. The molecule has 3 aromatic rings. The molecule has 0 unspecified atom stereocenters. The lowest BCUT2D eigenvalue weighted by Gasteiger charge is -2.21. The van der Waals surface area contributed by atoms with E-state index in [4.69, 9.17) is 15.2 Å². The Morgan fingerprint density at radius 2 is 1.41 bits per heavy atom. The molecule has 0 fully saturated rings. The van der Waals surface area contributed by atoms with Crippen LogP contribution in [0.2, 0.25) is 0 Å². The highest BCUT2D eigenvalue weighted by molar-refractivity contribution is 6.31. The zero-order valence-electron chi connectivity index (χ0n) is 14.4. The van der Waals surface area contributed by atoms with Crippen LogP contribution in [-0.2, 0) is 0 Å². The van der Waals surface area contributed by atoms with E-state index in [1.807, 2.05) is 0 Å². The number of fused-ring (bicyclic) bond motifs is 2. The van der Waals surface area contributed by atoms with E-state index in [1.165, 1.54) is 6.07 Å². The van der Waals surface area contributed by atoms with Crippen LogP contribution in [0.4, 0.5) is 5.69 Å². The van der Waals surface area contributed by atoms with Gasteiger partial charge in [0.1, 0.15) is 17.2 Å². The number of carbonyl (C=O) groups is 2. The summed E-state index contributed by atoms with van der Waals surface area (Å²) < 4.78 is 10.8. The topological polar surface area (TPSA) is 98.8 Å². The van der Waals surface area contributed by atoms with Crippen LogP contribution >= 0.6 is 0 Å². The number of nitrogen functional groups attached to an aromatic ring is 1. The van der Waals surface area contributed by atoms with Crippen molar-refractivity contribution >= 4 is 17.3 Å². The van der Waals surface area contributed by atoms with Crippen molar-refractivity contribution in [1.29, 1.82) is 0 Å². The number of carbonyl (C=O) groups excluding carboxylic acids is 2. The maximum atomic E-state index is 12.9. The van der Waals surface area contributed by atoms with Crippen molar-refractivity contribution in [2.75, 3.05) is 12.8 Å². The molecule has 6 nitrogen and oxygen atoms in total. The van der Waals surface area contributed by atoms with Gasteiger partial charge in [-0.25, -0.2) is 0 Å². The maximum absolute atomic E-state index is 12.9. The molecule has 134 valence electrons. The number of phenolic OH excluding ortho intramolecular Hbond substituents is 1. The van der Waals surface area contributed by atoms with Gasteiger partial charge < -0.3 is 20.3 Å². The molecule has 0 heterocycles. The Kier molecular flexibility index (Phi) is 3.81. The Balaban J connectivity index is 1.82. The zero-order chi connectivity index (χ0) is 19.1. The van der Waals surface area contributed by atoms with Crippen molar-refractivity contribution in [2.24, 2.45) is 0 Å². The molecule has 0 saturated heterocycles. The second-order valence-corrected chi connectivity index (χ2v) is 6.04. The Labute approximate surface area is 154 Å². The van der Waals surface area contributed by atoms with Crippen LogP contribution in [-0.4, -0.2) is 23.8 Å². The molecule has 0 bridgehead atoms. The summed E-state index contributed by atoms with van der Waals surface area (Å²) in [7, 11) is 1.55. The zero-order valence-corrected chi connectivity index (χ0v) is 14.4. The summed E-state index contributed by atoms with van der Waals surface area (Å²) in [5, 5.41) is 10.4. The Bertz CT molecular complexity index is 1090. The summed E-state index contributed by atoms with van der Waals surface area (Å²) in [4.78, 5) is 25.6. The van der Waals surface area contributed by atoms with Gasteiger partial charge in [-0.2, -0.15) is 0 Å². The highest BCUT2D eigenvalue weighted by Crippen LogP contribution is 2.42. The minimum atomic E-state index is -0.444. The van der Waals surface area contributed by atoms with Crippen molar-refractivity contribution in [3.05, 3.63) is 76.9 Å². The van der Waals surface area contributed by atoms with Gasteiger partial charge in [-0.1, -0.05) is 24.3 Å². The fourth-order valence-corrected chi connectivity index (χ4v) is 3.13. The summed E-state index contributed by atoms with van der Waals surface area (Å²) in [5.41, 5.74) is 6.52. The number of hydrogen-bond donors (Lipinski definition) is 2. The number of hydrogen-bond acceptors (Lipinski definition) is 6. The lowest BCUT2D eigenvalue weighted by atomic mass is 9.82. The fraction of sp³-hybridized carbons (Fsp3) is 0.0476. The smallest absolute Gasteiger partial charge is 0.198 e. The number of methoxy groups -OCH3 is 1. The third-order valence-corrected chi connectivity index (χ3v) is 4.47. The van der Waals surface area contributed by atoms with Gasteiger partial charge >= 0.3 is 0 Å². The summed E-state index contributed by atoms with van der Waals surface area (Å²) in [6, 6.07) is 14.4. The van der Waals surface area contributed by atoms with E-state index in [2.05, 4.69) is 0 Å². The Hall–Kier alpha value is -3.80. The third-order valence-electron chi connectivity index (χ3n) is 4.47. The second kappa shape index (κ2) is 6.17. The molecule has 1 aliphatic carbocycles. The van der Waals surface area contributed by atoms with Gasteiger partial charge in [-0.05, 0) is 24.3 Å². The monoisotopic (exact) mass is 361 g/mol. The molecule has 3 aromatic carbocycles. The average Bonchev–Trinajstić information content (AvgIpc) is 2.69. The summed E-state index contributed by atoms with van der Waals surface area (Å²) in [6.45, 7) is 0. The molecular weight excluding hydrogens is 346 g/mol. The quantitative estimate of drug-likeness (QED) is 0.428. The van der Waals surface area contributed by atoms with E-state index in [-0.39, 0.29) is 39.4 Å². The number of anilines is 1. The number of rotatable bonds is 3. The maximum Gasteiger partial charge on any atom is 0.198 e. The van der Waals surface area contributed by atoms with Crippen LogP contribution in [0.15, 0.2) is 54.6 Å². The van der Waals surface area contributed by atoms with Crippen molar-refractivity contribution < 1.29 is 24.2 Å². The first kappa shape index (κ1) is 16.7. The highest BCUT2D eigenvalue weighted by atomic mass is 16.5. The molecule has 0 aliphatic heterocycles. The van der Waals surface area contributed by atoms with E-state index in [9.17, 15) is 14.7 Å². The molecule has 0 radical (unpaired) electrons. The van der Waals surface area contributed by atoms with Gasteiger partial charge in [0.2, 0.25) is 0 Å². The fourth-order valence-electron chi connectivity index (χ4n) is 3.13. The van der Waals surface area contributed by atoms with Crippen molar-refractivity contribution in [1.82, 2.24) is 0 Å². The molecular formula is C21H15NO5. The molecule has 0 saturated carbocycles. The van der Waals surface area contributed by atoms with E-state index < -0.39 is 11.6 Å². The lowest BCUT2D eigenvalue weighted by molar-refractivity contribution is 0.0977. The van der Waals surface area contributed by atoms with Crippen LogP contribution in [0.3, 0.4) is 0 Å². The number of benzene rings is 3. The SMILES string of the molecule is COc1ccc(Oc2cc(O)c3c(c2N)C(=O)c2ccccc2C3=O)cc1. The van der Waals surface area contributed by atoms with Gasteiger partial charge in [0, 0.05) is 17.2 Å². The van der Waals surface area contributed by atoms with Crippen LogP contribution in [0.1, 0.15) is 31.8 Å². The normalized spacial score (nSPS) is 12.3. The van der Waals surface area contributed by atoms with E-state index in [0.29, 0.717) is 11.5 Å². The molecule has 0 amide bonds. The lowest BCUT2D eigenvalue weighted by Crippen LogP contribution is -2.22. The van der Waals surface area contributed by atoms with E-state index in [1.54, 1.807) is 55.6 Å². The average molecular weight is 361 g/mol. The van der Waals surface area contributed by atoms with Crippen LogP contribution in [0.25, 0.3) is 0 Å². The predicted octanol–water partition coefficient (Wildman–Crippen LogP) is 3.55. The van der Waals surface area contributed by atoms with Crippen LogP contribution in [0, 0.1) is 0 Å². The van der Waals surface area contributed by atoms with Gasteiger partial charge in [-0.15, -0.1) is 0 Å². The predicted molar refractivity (Wildman–Crippen MR) is 98.9 cm³/mol. The molecule has 0 spiro atoms. The Morgan fingerprint density at radius 1 is 0.852 bits per heavy atom. The van der Waals surface area contributed by atoms with Gasteiger partial charge in [-0.3, -0.25) is 9.59 Å². The van der Waals surface area contributed by atoms with Crippen LogP contribution in [0.5, 0.6) is 23.0 Å². The third kappa shape index (κ3) is 2.58. The minimum Gasteiger partial charge on any atom is -0.507 e. The molecule has 0 aromatic heterocycles. The van der Waals surface area contributed by atoms with Crippen LogP contribution < -0.4 is 15.2 Å². The van der Waals surface area contributed by atoms with E-state index in [0.717, 1.165) is 0 Å². The molecule has 3 N–H and O–H groups in total. The Morgan fingerprint density at radius 3 is 2.00 bits per heavy atom. The first-order valence-electron chi connectivity index (χ1n) is 8.17. The van der Waals surface area contributed by atoms with Crippen molar-refractivity contribution in [3.63, 3.8) is 0 Å². The number of aromatic hydroxyl groups is 1. The summed E-state index contributed by atoms with van der Waals surface area (Å²) in [5.74, 6) is -0.0288. The largest absolute Gasteiger partial charge is 0.507 e. The number of ether oxygens (including phenoxy) is 2. The molecule has 1 aliphatic rings.